The third-order valence-corrected chi connectivity index (χ3v) is 8.52. The average molecular weight is 519 g/mol. The second-order valence-corrected chi connectivity index (χ2v) is 10.7. The minimum atomic E-state index is -0.558. The molecule has 0 N–H and O–H groups in total. The lowest BCUT2D eigenvalue weighted by atomic mass is 9.61. The zero-order valence-electron chi connectivity index (χ0n) is 22.3. The zero-order chi connectivity index (χ0) is 27.0. The van der Waals surface area contributed by atoms with E-state index >= 15 is 0 Å². The van der Waals surface area contributed by atoms with Gasteiger partial charge in [-0.25, -0.2) is 0 Å². The molecule has 0 radical (unpaired) electrons. The van der Waals surface area contributed by atoms with Gasteiger partial charge in [-0.05, 0) is 71.5 Å². The summed E-state index contributed by atoms with van der Waals surface area (Å²) >= 11 is 0. The highest BCUT2D eigenvalue weighted by Crippen LogP contribution is 2.62. The molecule has 192 valence electrons. The number of hydrogen-bond acceptors (Lipinski definition) is 3. The summed E-state index contributed by atoms with van der Waals surface area (Å²) in [6, 6.07) is 40.4. The molecule has 0 fully saturated rings. The molecule has 40 heavy (non-hydrogen) atoms. The first kappa shape index (κ1) is 22.9. The standard InChI is InChI=1S/C36H26N2O2/c1-23-22-37(2)35(39)25-20-19-24(21-26(23)25)38-31-15-7-3-11-27(31)36(28-12-4-8-16-32(28)38)29-13-5-9-17-33(29)40-34-18-10-6-14-30(34)36/h3-22H,1-2H3. The maximum Gasteiger partial charge on any atom is 0.258 e. The molecule has 4 nitrogen and oxygen atoms in total. The summed E-state index contributed by atoms with van der Waals surface area (Å²) in [4.78, 5) is 15.3. The second-order valence-electron chi connectivity index (χ2n) is 10.7. The van der Waals surface area contributed by atoms with Crippen molar-refractivity contribution < 1.29 is 4.74 Å². The Balaban J connectivity index is 1.49. The van der Waals surface area contributed by atoms with Gasteiger partial charge in [0.15, 0.2) is 0 Å². The number of fused-ring (bicyclic) bond motifs is 9. The fourth-order valence-corrected chi connectivity index (χ4v) is 6.89. The highest BCUT2D eigenvalue weighted by Gasteiger charge is 2.50. The van der Waals surface area contributed by atoms with E-state index in [2.05, 4.69) is 109 Å². The van der Waals surface area contributed by atoms with Crippen LogP contribution in [0.1, 0.15) is 27.8 Å². The van der Waals surface area contributed by atoms with E-state index in [-0.39, 0.29) is 5.56 Å². The Labute approximate surface area is 232 Å². The molecule has 1 aromatic heterocycles. The molecular formula is C36H26N2O2. The molecule has 2 aliphatic heterocycles. The Morgan fingerprint density at radius 3 is 1.75 bits per heavy atom. The van der Waals surface area contributed by atoms with Crippen molar-refractivity contribution in [1.29, 1.82) is 0 Å². The predicted molar refractivity (Wildman–Crippen MR) is 161 cm³/mol. The molecule has 0 bridgehead atoms. The Morgan fingerprint density at radius 2 is 1.15 bits per heavy atom. The van der Waals surface area contributed by atoms with Crippen LogP contribution in [0.3, 0.4) is 0 Å². The normalized spacial score (nSPS) is 14.2. The molecule has 6 aromatic rings. The Bertz CT molecular complexity index is 1960. The summed E-state index contributed by atoms with van der Waals surface area (Å²) in [5.41, 5.74) is 8.40. The van der Waals surface area contributed by atoms with Gasteiger partial charge in [0, 0.05) is 35.4 Å². The predicted octanol–water partition coefficient (Wildman–Crippen LogP) is 8.12. The molecule has 4 heteroatoms. The first-order valence-electron chi connectivity index (χ1n) is 13.5. The average Bonchev–Trinajstić information content (AvgIpc) is 3.00. The van der Waals surface area contributed by atoms with Gasteiger partial charge >= 0.3 is 0 Å². The van der Waals surface area contributed by atoms with E-state index in [0.29, 0.717) is 0 Å². The van der Waals surface area contributed by atoms with Crippen LogP contribution in [0.25, 0.3) is 10.8 Å². The van der Waals surface area contributed by atoms with Crippen LogP contribution >= 0.6 is 0 Å². The lowest BCUT2D eigenvalue weighted by Crippen LogP contribution is -2.39. The number of pyridine rings is 1. The number of aryl methyl sites for hydroxylation is 2. The van der Waals surface area contributed by atoms with E-state index in [9.17, 15) is 4.79 Å². The van der Waals surface area contributed by atoms with Gasteiger partial charge in [-0.15, -0.1) is 0 Å². The fourth-order valence-electron chi connectivity index (χ4n) is 6.89. The Kier molecular flexibility index (Phi) is 4.69. The number of para-hydroxylation sites is 4. The first-order valence-corrected chi connectivity index (χ1v) is 13.5. The Morgan fingerprint density at radius 1 is 0.625 bits per heavy atom. The number of anilines is 3. The lowest BCUT2D eigenvalue weighted by molar-refractivity contribution is 0.434. The number of benzene rings is 5. The minimum absolute atomic E-state index is 0.0148. The zero-order valence-corrected chi connectivity index (χ0v) is 22.3. The molecule has 8 rings (SSSR count). The maximum absolute atomic E-state index is 12.9. The van der Waals surface area contributed by atoms with Crippen LogP contribution in [0, 0.1) is 6.92 Å². The van der Waals surface area contributed by atoms with Gasteiger partial charge in [0.2, 0.25) is 0 Å². The van der Waals surface area contributed by atoms with E-state index in [1.54, 1.807) is 4.57 Å². The molecule has 1 spiro atoms. The van der Waals surface area contributed by atoms with Gasteiger partial charge in [-0.3, -0.25) is 4.79 Å². The van der Waals surface area contributed by atoms with Crippen LogP contribution < -0.4 is 15.2 Å². The van der Waals surface area contributed by atoms with E-state index in [1.165, 1.54) is 11.1 Å². The van der Waals surface area contributed by atoms with Crippen molar-refractivity contribution in [1.82, 2.24) is 4.57 Å². The van der Waals surface area contributed by atoms with Gasteiger partial charge in [0.25, 0.3) is 5.56 Å². The summed E-state index contributed by atoms with van der Waals surface area (Å²) < 4.78 is 8.14. The molecule has 0 aliphatic carbocycles. The molecular weight excluding hydrogens is 492 g/mol. The summed E-state index contributed by atoms with van der Waals surface area (Å²) in [7, 11) is 1.81. The summed E-state index contributed by atoms with van der Waals surface area (Å²) in [6.45, 7) is 2.06. The topological polar surface area (TPSA) is 34.5 Å². The summed E-state index contributed by atoms with van der Waals surface area (Å²) in [6.07, 6.45) is 1.91. The van der Waals surface area contributed by atoms with Crippen molar-refractivity contribution in [3.05, 3.63) is 160 Å². The minimum Gasteiger partial charge on any atom is -0.457 e. The van der Waals surface area contributed by atoms with Crippen molar-refractivity contribution >= 4 is 27.8 Å². The van der Waals surface area contributed by atoms with Crippen molar-refractivity contribution in [2.75, 3.05) is 4.90 Å². The van der Waals surface area contributed by atoms with Gasteiger partial charge in [-0.1, -0.05) is 72.8 Å². The highest BCUT2D eigenvalue weighted by atomic mass is 16.5. The van der Waals surface area contributed by atoms with Crippen molar-refractivity contribution in [2.24, 2.45) is 7.05 Å². The second kappa shape index (κ2) is 8.20. The molecule has 0 atom stereocenters. The van der Waals surface area contributed by atoms with E-state index in [0.717, 1.165) is 56.0 Å². The molecule has 5 aromatic carbocycles. The van der Waals surface area contributed by atoms with Crippen LogP contribution in [-0.2, 0) is 12.5 Å². The van der Waals surface area contributed by atoms with E-state index in [1.807, 2.05) is 31.4 Å². The van der Waals surface area contributed by atoms with Crippen LogP contribution in [0.5, 0.6) is 11.5 Å². The van der Waals surface area contributed by atoms with Crippen molar-refractivity contribution in [3.8, 4) is 11.5 Å². The monoisotopic (exact) mass is 518 g/mol. The largest absolute Gasteiger partial charge is 0.457 e. The maximum atomic E-state index is 12.9. The molecule has 0 saturated carbocycles. The van der Waals surface area contributed by atoms with Crippen molar-refractivity contribution in [2.45, 2.75) is 12.3 Å². The van der Waals surface area contributed by atoms with Gasteiger partial charge in [-0.2, -0.15) is 0 Å². The van der Waals surface area contributed by atoms with Gasteiger partial charge < -0.3 is 14.2 Å². The van der Waals surface area contributed by atoms with E-state index < -0.39 is 5.41 Å². The lowest BCUT2D eigenvalue weighted by Gasteiger charge is -2.48. The van der Waals surface area contributed by atoms with Gasteiger partial charge in [0.05, 0.1) is 16.8 Å². The first-order chi connectivity index (χ1) is 19.6. The fraction of sp³-hybridized carbons (Fsp3) is 0.0833. The number of ether oxygens (including phenoxy) is 1. The smallest absolute Gasteiger partial charge is 0.258 e. The quantitative estimate of drug-likeness (QED) is 0.220. The van der Waals surface area contributed by atoms with Crippen LogP contribution in [0.4, 0.5) is 17.1 Å². The molecule has 0 amide bonds. The highest BCUT2D eigenvalue weighted by molar-refractivity contribution is 5.95. The molecule has 0 saturated heterocycles. The van der Waals surface area contributed by atoms with E-state index in [4.69, 9.17) is 4.74 Å². The Hall–Kier alpha value is -5.09. The molecule has 3 heterocycles. The number of aromatic nitrogens is 1. The third kappa shape index (κ3) is 2.88. The summed E-state index contributed by atoms with van der Waals surface area (Å²) in [5.74, 6) is 1.74. The molecule has 0 unspecified atom stereocenters. The number of nitrogens with zero attached hydrogens (tertiary/aromatic N) is 2. The van der Waals surface area contributed by atoms with Gasteiger partial charge in [0.1, 0.15) is 11.5 Å². The van der Waals surface area contributed by atoms with Crippen molar-refractivity contribution in [3.63, 3.8) is 0 Å². The number of hydrogen-bond donors (Lipinski definition) is 0. The summed E-state index contributed by atoms with van der Waals surface area (Å²) in [5, 5.41) is 1.70. The van der Waals surface area contributed by atoms with Crippen LogP contribution in [0.15, 0.2) is 126 Å². The third-order valence-electron chi connectivity index (χ3n) is 8.52. The van der Waals surface area contributed by atoms with Crippen LogP contribution in [0.2, 0.25) is 0 Å². The van der Waals surface area contributed by atoms with Crippen LogP contribution in [-0.4, -0.2) is 4.57 Å². The molecule has 2 aliphatic rings. The number of rotatable bonds is 1. The SMILES string of the molecule is Cc1cn(C)c(=O)c2ccc(N3c4ccccc4C4(c5ccccc5Oc5ccccc54)c4ccccc43)cc12.